The highest BCUT2D eigenvalue weighted by Gasteiger charge is 2.17. The van der Waals surface area contributed by atoms with Crippen molar-refractivity contribution in [3.05, 3.63) is 33.8 Å². The van der Waals surface area contributed by atoms with Crippen molar-refractivity contribution in [1.29, 1.82) is 0 Å². The zero-order valence-electron chi connectivity index (χ0n) is 10.8. The fourth-order valence-electron chi connectivity index (χ4n) is 2.50. The van der Waals surface area contributed by atoms with Crippen molar-refractivity contribution < 1.29 is 0 Å². The van der Waals surface area contributed by atoms with Gasteiger partial charge in [0.05, 0.1) is 0 Å². The van der Waals surface area contributed by atoms with Gasteiger partial charge in [0, 0.05) is 29.2 Å². The predicted octanol–water partition coefficient (Wildman–Crippen LogP) is 3.57. The molecule has 0 aliphatic carbocycles. The van der Waals surface area contributed by atoms with Gasteiger partial charge in [-0.15, -0.1) is 0 Å². The summed E-state index contributed by atoms with van der Waals surface area (Å²) in [5.74, 6) is 0. The number of hydrogen-bond acceptors (Lipinski definition) is 2. The molecule has 0 bridgehead atoms. The molecule has 100 valence electrons. The van der Waals surface area contributed by atoms with E-state index in [1.165, 1.54) is 25.8 Å². The standard InChI is InChI=1S/C14H20Cl2N2/c1-18-5-3-2-4-14(18)10-17-9-11-6-12(15)8-13(16)7-11/h6-8,14,17H,2-5,9-10H2,1H3. The predicted molar refractivity (Wildman–Crippen MR) is 78.4 cm³/mol. The summed E-state index contributed by atoms with van der Waals surface area (Å²) in [5.41, 5.74) is 1.14. The molecule has 1 saturated heterocycles. The van der Waals surface area contributed by atoms with E-state index in [-0.39, 0.29) is 0 Å². The van der Waals surface area contributed by atoms with Crippen LogP contribution in [0, 0.1) is 0 Å². The number of nitrogens with one attached hydrogen (secondary N) is 1. The first-order chi connectivity index (χ1) is 8.65. The second kappa shape index (κ2) is 6.76. The lowest BCUT2D eigenvalue weighted by atomic mass is 10.0. The van der Waals surface area contributed by atoms with E-state index < -0.39 is 0 Å². The zero-order valence-corrected chi connectivity index (χ0v) is 12.3. The van der Waals surface area contributed by atoms with Gasteiger partial charge in [0.1, 0.15) is 0 Å². The summed E-state index contributed by atoms with van der Waals surface area (Å²) in [6.07, 6.45) is 3.97. The van der Waals surface area contributed by atoms with Gasteiger partial charge >= 0.3 is 0 Å². The zero-order chi connectivity index (χ0) is 13.0. The van der Waals surface area contributed by atoms with Crippen molar-refractivity contribution in [2.24, 2.45) is 0 Å². The van der Waals surface area contributed by atoms with Gasteiger partial charge < -0.3 is 10.2 Å². The molecular formula is C14H20Cl2N2. The molecular weight excluding hydrogens is 267 g/mol. The summed E-state index contributed by atoms with van der Waals surface area (Å²) in [6, 6.07) is 6.35. The average molecular weight is 287 g/mol. The van der Waals surface area contributed by atoms with E-state index in [0.717, 1.165) is 18.7 Å². The van der Waals surface area contributed by atoms with Crippen molar-refractivity contribution in [2.75, 3.05) is 20.1 Å². The van der Waals surface area contributed by atoms with Gasteiger partial charge in [-0.2, -0.15) is 0 Å². The van der Waals surface area contributed by atoms with Crippen molar-refractivity contribution >= 4 is 23.2 Å². The summed E-state index contributed by atoms with van der Waals surface area (Å²) >= 11 is 12.0. The van der Waals surface area contributed by atoms with Crippen LogP contribution in [0.25, 0.3) is 0 Å². The fourth-order valence-corrected chi connectivity index (χ4v) is 3.07. The van der Waals surface area contributed by atoms with E-state index in [1.807, 2.05) is 12.1 Å². The van der Waals surface area contributed by atoms with Gasteiger partial charge in [-0.25, -0.2) is 0 Å². The molecule has 0 aromatic heterocycles. The number of piperidine rings is 1. The third-order valence-electron chi connectivity index (χ3n) is 3.55. The summed E-state index contributed by atoms with van der Waals surface area (Å²) in [6.45, 7) is 3.07. The molecule has 18 heavy (non-hydrogen) atoms. The third kappa shape index (κ3) is 4.13. The summed E-state index contributed by atoms with van der Waals surface area (Å²) in [7, 11) is 2.21. The lowest BCUT2D eigenvalue weighted by Crippen LogP contribution is -2.42. The second-order valence-electron chi connectivity index (χ2n) is 5.04. The maximum atomic E-state index is 5.98. The Labute approximate surface area is 119 Å². The Balaban J connectivity index is 1.80. The highest BCUT2D eigenvalue weighted by molar-refractivity contribution is 6.34. The largest absolute Gasteiger partial charge is 0.311 e. The van der Waals surface area contributed by atoms with E-state index in [0.29, 0.717) is 16.1 Å². The molecule has 1 aromatic carbocycles. The van der Waals surface area contributed by atoms with Crippen LogP contribution in [-0.4, -0.2) is 31.1 Å². The first-order valence-electron chi connectivity index (χ1n) is 6.51. The third-order valence-corrected chi connectivity index (χ3v) is 3.99. The van der Waals surface area contributed by atoms with Crippen molar-refractivity contribution in [1.82, 2.24) is 10.2 Å². The topological polar surface area (TPSA) is 15.3 Å². The Morgan fingerprint density at radius 2 is 1.94 bits per heavy atom. The first kappa shape index (κ1) is 14.1. The molecule has 1 atom stereocenters. The lowest BCUT2D eigenvalue weighted by Gasteiger charge is -2.32. The van der Waals surface area contributed by atoms with Gasteiger partial charge in [0.25, 0.3) is 0 Å². The Morgan fingerprint density at radius 1 is 1.22 bits per heavy atom. The molecule has 4 heteroatoms. The molecule has 0 saturated carbocycles. The summed E-state index contributed by atoms with van der Waals surface area (Å²) in [5, 5.41) is 4.90. The minimum absolute atomic E-state index is 0.661. The fraction of sp³-hybridized carbons (Fsp3) is 0.571. The molecule has 1 aromatic rings. The minimum Gasteiger partial charge on any atom is -0.311 e. The highest BCUT2D eigenvalue weighted by atomic mass is 35.5. The number of rotatable bonds is 4. The van der Waals surface area contributed by atoms with Gasteiger partial charge in [0.15, 0.2) is 0 Å². The van der Waals surface area contributed by atoms with Crippen LogP contribution in [0.5, 0.6) is 0 Å². The number of likely N-dealkylation sites (tertiary alicyclic amines) is 1. The Kier molecular flexibility index (Phi) is 5.31. The molecule has 0 amide bonds. The molecule has 0 spiro atoms. The molecule has 1 fully saturated rings. The van der Waals surface area contributed by atoms with Gasteiger partial charge in [-0.05, 0) is 50.2 Å². The van der Waals surface area contributed by atoms with Gasteiger partial charge in [-0.3, -0.25) is 0 Å². The van der Waals surface area contributed by atoms with E-state index in [2.05, 4.69) is 17.3 Å². The summed E-state index contributed by atoms with van der Waals surface area (Å²) in [4.78, 5) is 2.45. The first-order valence-corrected chi connectivity index (χ1v) is 7.26. The molecule has 1 unspecified atom stereocenters. The van der Waals surface area contributed by atoms with Crippen LogP contribution in [0.4, 0.5) is 0 Å². The van der Waals surface area contributed by atoms with Crippen LogP contribution in [-0.2, 0) is 6.54 Å². The quantitative estimate of drug-likeness (QED) is 0.910. The molecule has 1 heterocycles. The molecule has 1 N–H and O–H groups in total. The van der Waals surface area contributed by atoms with Crippen molar-refractivity contribution in [2.45, 2.75) is 31.8 Å². The molecule has 2 nitrogen and oxygen atoms in total. The van der Waals surface area contributed by atoms with Crippen molar-refractivity contribution in [3.63, 3.8) is 0 Å². The van der Waals surface area contributed by atoms with Crippen LogP contribution in [0.2, 0.25) is 10.0 Å². The Morgan fingerprint density at radius 3 is 2.61 bits per heavy atom. The SMILES string of the molecule is CN1CCCCC1CNCc1cc(Cl)cc(Cl)c1. The monoisotopic (exact) mass is 286 g/mol. The number of likely N-dealkylation sites (N-methyl/N-ethyl adjacent to an activating group) is 1. The number of hydrogen-bond donors (Lipinski definition) is 1. The maximum Gasteiger partial charge on any atom is 0.0424 e. The Hall–Kier alpha value is -0.280. The van der Waals surface area contributed by atoms with Crippen LogP contribution < -0.4 is 5.32 Å². The van der Waals surface area contributed by atoms with E-state index in [9.17, 15) is 0 Å². The van der Waals surface area contributed by atoms with Crippen LogP contribution in [0.3, 0.4) is 0 Å². The van der Waals surface area contributed by atoms with E-state index in [1.54, 1.807) is 6.07 Å². The van der Waals surface area contributed by atoms with E-state index >= 15 is 0 Å². The van der Waals surface area contributed by atoms with Crippen molar-refractivity contribution in [3.8, 4) is 0 Å². The van der Waals surface area contributed by atoms with E-state index in [4.69, 9.17) is 23.2 Å². The number of nitrogens with zero attached hydrogens (tertiary/aromatic N) is 1. The normalized spacial score (nSPS) is 21.2. The molecule has 1 aliphatic heterocycles. The molecule has 2 rings (SSSR count). The van der Waals surface area contributed by atoms with Gasteiger partial charge in [-0.1, -0.05) is 29.6 Å². The number of benzene rings is 1. The Bertz CT molecular complexity index is 375. The maximum absolute atomic E-state index is 5.98. The second-order valence-corrected chi connectivity index (χ2v) is 5.91. The van der Waals surface area contributed by atoms with Crippen LogP contribution >= 0.6 is 23.2 Å². The smallest absolute Gasteiger partial charge is 0.0424 e. The minimum atomic E-state index is 0.661. The van der Waals surface area contributed by atoms with Crippen LogP contribution in [0.1, 0.15) is 24.8 Å². The van der Waals surface area contributed by atoms with Crippen LogP contribution in [0.15, 0.2) is 18.2 Å². The molecule has 0 radical (unpaired) electrons. The highest BCUT2D eigenvalue weighted by Crippen LogP contribution is 2.19. The number of halogens is 2. The summed E-state index contributed by atoms with van der Waals surface area (Å²) < 4.78 is 0. The molecule has 1 aliphatic rings. The van der Waals surface area contributed by atoms with Gasteiger partial charge in [0.2, 0.25) is 0 Å². The lowest BCUT2D eigenvalue weighted by molar-refractivity contribution is 0.181. The average Bonchev–Trinajstić information content (AvgIpc) is 2.30.